The topological polar surface area (TPSA) is 38.9 Å². The monoisotopic (exact) mass is 232 g/mol. The SMILES string of the molecule is CCc1nc(-c2ccccc2C)sc1CN. The summed E-state index contributed by atoms with van der Waals surface area (Å²) in [7, 11) is 0. The highest BCUT2D eigenvalue weighted by Crippen LogP contribution is 2.30. The molecule has 2 rings (SSSR count). The third-order valence-electron chi connectivity index (χ3n) is 2.67. The molecule has 0 saturated carbocycles. The van der Waals surface area contributed by atoms with Crippen LogP contribution in [0.5, 0.6) is 0 Å². The molecule has 0 unspecified atom stereocenters. The van der Waals surface area contributed by atoms with Gasteiger partial charge in [-0.2, -0.15) is 0 Å². The summed E-state index contributed by atoms with van der Waals surface area (Å²) in [6.07, 6.45) is 0.953. The van der Waals surface area contributed by atoms with Gasteiger partial charge in [0.1, 0.15) is 5.01 Å². The van der Waals surface area contributed by atoms with Gasteiger partial charge < -0.3 is 5.73 Å². The van der Waals surface area contributed by atoms with Crippen LogP contribution < -0.4 is 5.73 Å². The van der Waals surface area contributed by atoms with Crippen molar-refractivity contribution in [3.05, 3.63) is 40.4 Å². The number of hydrogen-bond acceptors (Lipinski definition) is 3. The molecule has 2 nitrogen and oxygen atoms in total. The van der Waals surface area contributed by atoms with Crippen LogP contribution in [0.15, 0.2) is 24.3 Å². The quantitative estimate of drug-likeness (QED) is 0.883. The molecule has 0 aliphatic carbocycles. The van der Waals surface area contributed by atoms with Gasteiger partial charge in [-0.3, -0.25) is 0 Å². The highest BCUT2D eigenvalue weighted by atomic mass is 32.1. The maximum absolute atomic E-state index is 5.73. The summed E-state index contributed by atoms with van der Waals surface area (Å²) < 4.78 is 0. The van der Waals surface area contributed by atoms with Gasteiger partial charge >= 0.3 is 0 Å². The summed E-state index contributed by atoms with van der Waals surface area (Å²) in [5.41, 5.74) is 9.36. The van der Waals surface area contributed by atoms with Gasteiger partial charge in [0.15, 0.2) is 0 Å². The maximum atomic E-state index is 5.73. The normalized spacial score (nSPS) is 10.7. The van der Waals surface area contributed by atoms with E-state index in [0.29, 0.717) is 6.54 Å². The van der Waals surface area contributed by atoms with Gasteiger partial charge in [0.2, 0.25) is 0 Å². The number of aromatic nitrogens is 1. The van der Waals surface area contributed by atoms with Crippen molar-refractivity contribution in [2.45, 2.75) is 26.8 Å². The van der Waals surface area contributed by atoms with Crippen molar-refractivity contribution >= 4 is 11.3 Å². The fraction of sp³-hybridized carbons (Fsp3) is 0.308. The average Bonchev–Trinajstić information content (AvgIpc) is 2.72. The molecule has 84 valence electrons. The first kappa shape index (κ1) is 11.3. The Morgan fingerprint density at radius 3 is 2.62 bits per heavy atom. The molecule has 2 aromatic rings. The fourth-order valence-electron chi connectivity index (χ4n) is 1.75. The number of rotatable bonds is 3. The third-order valence-corrected chi connectivity index (χ3v) is 3.83. The fourth-order valence-corrected chi connectivity index (χ4v) is 2.87. The molecule has 0 saturated heterocycles. The molecule has 0 atom stereocenters. The Kier molecular flexibility index (Phi) is 3.36. The van der Waals surface area contributed by atoms with E-state index in [1.165, 1.54) is 16.0 Å². The second-order valence-corrected chi connectivity index (χ2v) is 4.85. The Bertz CT molecular complexity index is 467. The van der Waals surface area contributed by atoms with Crippen LogP contribution >= 0.6 is 11.3 Å². The summed E-state index contributed by atoms with van der Waals surface area (Å²) in [6.45, 7) is 4.83. The minimum atomic E-state index is 0.590. The van der Waals surface area contributed by atoms with Crippen LogP contribution in [0.1, 0.15) is 23.1 Å². The van der Waals surface area contributed by atoms with E-state index in [9.17, 15) is 0 Å². The van der Waals surface area contributed by atoms with Crippen molar-refractivity contribution in [1.29, 1.82) is 0 Å². The first-order valence-electron chi connectivity index (χ1n) is 5.51. The van der Waals surface area contributed by atoms with Crippen LogP contribution in [0.25, 0.3) is 10.6 Å². The van der Waals surface area contributed by atoms with Crippen LogP contribution in [0.2, 0.25) is 0 Å². The Hall–Kier alpha value is -1.19. The van der Waals surface area contributed by atoms with Gasteiger partial charge in [-0.15, -0.1) is 11.3 Å². The molecule has 0 bridgehead atoms. The number of nitrogens with zero attached hydrogens (tertiary/aromatic N) is 1. The van der Waals surface area contributed by atoms with E-state index >= 15 is 0 Å². The predicted octanol–water partition coefficient (Wildman–Crippen LogP) is 3.14. The van der Waals surface area contributed by atoms with Crippen molar-refractivity contribution in [3.63, 3.8) is 0 Å². The standard InChI is InChI=1S/C13H16N2S/c1-3-11-12(8-14)16-13(15-11)10-7-5-4-6-9(10)2/h4-7H,3,8,14H2,1-2H3. The lowest BCUT2D eigenvalue weighted by molar-refractivity contribution is 0.989. The molecule has 0 amide bonds. The molecule has 0 radical (unpaired) electrons. The lowest BCUT2D eigenvalue weighted by atomic mass is 10.1. The van der Waals surface area contributed by atoms with E-state index in [1.807, 2.05) is 0 Å². The van der Waals surface area contributed by atoms with Crippen molar-refractivity contribution in [1.82, 2.24) is 4.98 Å². The average molecular weight is 232 g/mol. The summed E-state index contributed by atoms with van der Waals surface area (Å²) in [5, 5.41) is 1.09. The molecule has 1 heterocycles. The van der Waals surface area contributed by atoms with Crippen LogP contribution in [-0.2, 0) is 13.0 Å². The number of nitrogens with two attached hydrogens (primary N) is 1. The molecule has 1 aromatic carbocycles. The van der Waals surface area contributed by atoms with Crippen LogP contribution in [0, 0.1) is 6.92 Å². The van der Waals surface area contributed by atoms with Gasteiger partial charge in [-0.05, 0) is 18.9 Å². The third kappa shape index (κ3) is 2.01. The molecule has 2 N–H and O–H groups in total. The Morgan fingerprint density at radius 2 is 2.06 bits per heavy atom. The molecule has 0 aliphatic heterocycles. The van der Waals surface area contributed by atoms with Crippen molar-refractivity contribution in [3.8, 4) is 10.6 Å². The Morgan fingerprint density at radius 1 is 1.31 bits per heavy atom. The van der Waals surface area contributed by atoms with Crippen LogP contribution in [0.4, 0.5) is 0 Å². The highest BCUT2D eigenvalue weighted by molar-refractivity contribution is 7.15. The van der Waals surface area contributed by atoms with Crippen LogP contribution in [0.3, 0.4) is 0 Å². The minimum absolute atomic E-state index is 0.590. The molecular weight excluding hydrogens is 216 g/mol. The van der Waals surface area contributed by atoms with Gasteiger partial charge in [-0.1, -0.05) is 31.2 Å². The van der Waals surface area contributed by atoms with Gasteiger partial charge in [-0.25, -0.2) is 4.98 Å². The molecule has 16 heavy (non-hydrogen) atoms. The van der Waals surface area contributed by atoms with E-state index in [2.05, 4.69) is 43.1 Å². The number of benzene rings is 1. The smallest absolute Gasteiger partial charge is 0.124 e. The second kappa shape index (κ2) is 4.76. The zero-order valence-corrected chi connectivity index (χ0v) is 10.5. The second-order valence-electron chi connectivity index (χ2n) is 3.76. The highest BCUT2D eigenvalue weighted by Gasteiger charge is 2.11. The molecule has 0 fully saturated rings. The molecule has 0 aliphatic rings. The number of hydrogen-bond donors (Lipinski definition) is 1. The molecule has 3 heteroatoms. The zero-order valence-electron chi connectivity index (χ0n) is 9.66. The van der Waals surface area contributed by atoms with E-state index in [4.69, 9.17) is 5.73 Å². The van der Waals surface area contributed by atoms with Gasteiger partial charge in [0, 0.05) is 17.0 Å². The summed E-state index contributed by atoms with van der Waals surface area (Å²) in [4.78, 5) is 5.88. The summed E-state index contributed by atoms with van der Waals surface area (Å²) >= 11 is 1.72. The number of thiazole rings is 1. The lowest BCUT2D eigenvalue weighted by Crippen LogP contribution is -1.96. The van der Waals surface area contributed by atoms with Gasteiger partial charge in [0.05, 0.1) is 5.69 Å². The van der Waals surface area contributed by atoms with E-state index in [0.717, 1.165) is 17.1 Å². The summed E-state index contributed by atoms with van der Waals surface area (Å²) in [5.74, 6) is 0. The van der Waals surface area contributed by atoms with Gasteiger partial charge in [0.25, 0.3) is 0 Å². The minimum Gasteiger partial charge on any atom is -0.326 e. The predicted molar refractivity (Wildman–Crippen MR) is 69.6 cm³/mol. The summed E-state index contributed by atoms with van der Waals surface area (Å²) in [6, 6.07) is 8.34. The van der Waals surface area contributed by atoms with Crippen molar-refractivity contribution in [2.24, 2.45) is 5.73 Å². The van der Waals surface area contributed by atoms with E-state index in [1.54, 1.807) is 11.3 Å². The Balaban J connectivity index is 2.49. The Labute approximate surface area is 100 Å². The molecule has 0 spiro atoms. The first-order valence-corrected chi connectivity index (χ1v) is 6.32. The van der Waals surface area contributed by atoms with E-state index < -0.39 is 0 Å². The molecule has 1 aromatic heterocycles. The van der Waals surface area contributed by atoms with Crippen LogP contribution in [-0.4, -0.2) is 4.98 Å². The first-order chi connectivity index (χ1) is 7.76. The maximum Gasteiger partial charge on any atom is 0.124 e. The van der Waals surface area contributed by atoms with E-state index in [-0.39, 0.29) is 0 Å². The number of aryl methyl sites for hydroxylation is 2. The largest absolute Gasteiger partial charge is 0.326 e. The zero-order chi connectivity index (χ0) is 11.5. The lowest BCUT2D eigenvalue weighted by Gasteiger charge is -1.99. The van der Waals surface area contributed by atoms with Crippen molar-refractivity contribution < 1.29 is 0 Å². The molecular formula is C13H16N2S. The van der Waals surface area contributed by atoms with Crippen molar-refractivity contribution in [2.75, 3.05) is 0 Å².